The van der Waals surface area contributed by atoms with Gasteiger partial charge < -0.3 is 0 Å². The highest BCUT2D eigenvalue weighted by Gasteiger charge is 2.59. The van der Waals surface area contributed by atoms with Crippen molar-refractivity contribution >= 4 is 17.5 Å². The number of aromatic nitrogens is 1. The molecule has 2 bridgehead atoms. The fourth-order valence-corrected chi connectivity index (χ4v) is 3.64. The maximum atomic E-state index is 12.4. The molecule has 4 heteroatoms. The molecule has 0 spiro atoms. The van der Waals surface area contributed by atoms with Crippen molar-refractivity contribution in [2.24, 2.45) is 23.7 Å². The topological polar surface area (TPSA) is 50.3 Å². The van der Waals surface area contributed by atoms with Crippen LogP contribution in [-0.4, -0.2) is 16.8 Å². The molecular formula is C14H12N2O2. The van der Waals surface area contributed by atoms with E-state index >= 15 is 0 Å². The number of anilines is 1. The average Bonchev–Trinajstić information content (AvgIpc) is 3.05. The second-order valence-electron chi connectivity index (χ2n) is 5.22. The number of allylic oxidation sites excluding steroid dienone is 2. The second-order valence-corrected chi connectivity index (χ2v) is 5.22. The number of carbonyl (C=O) groups excluding carboxylic acids is 2. The predicted molar refractivity (Wildman–Crippen MR) is 64.4 cm³/mol. The molecule has 0 radical (unpaired) electrons. The molecule has 1 aliphatic heterocycles. The summed E-state index contributed by atoms with van der Waals surface area (Å²) in [5, 5.41) is 0. The first-order valence-electron chi connectivity index (χ1n) is 6.23. The predicted octanol–water partition coefficient (Wildman–Crippen LogP) is 1.39. The largest absolute Gasteiger partial charge is 0.274 e. The number of fused-ring (bicyclic) bond motifs is 5. The van der Waals surface area contributed by atoms with Crippen LogP contribution in [0.15, 0.2) is 36.7 Å². The van der Waals surface area contributed by atoms with E-state index in [4.69, 9.17) is 0 Å². The molecule has 0 aromatic carbocycles. The van der Waals surface area contributed by atoms with Gasteiger partial charge in [0.2, 0.25) is 11.8 Å². The fraction of sp³-hybridized carbons (Fsp3) is 0.357. The molecule has 2 aliphatic carbocycles. The molecule has 2 amide bonds. The molecule has 1 aromatic heterocycles. The first kappa shape index (κ1) is 10.00. The number of nitrogens with zero attached hydrogens (tertiary/aromatic N) is 2. The van der Waals surface area contributed by atoms with E-state index in [9.17, 15) is 9.59 Å². The maximum absolute atomic E-state index is 12.4. The fourth-order valence-electron chi connectivity index (χ4n) is 3.64. The minimum atomic E-state index is -0.132. The smallest absolute Gasteiger partial charge is 0.238 e. The van der Waals surface area contributed by atoms with E-state index < -0.39 is 0 Å². The summed E-state index contributed by atoms with van der Waals surface area (Å²) in [5.41, 5.74) is 0.598. The quantitative estimate of drug-likeness (QED) is 0.550. The SMILES string of the molecule is O=C1[C@@H]2[C@@H](C(=O)N1c1cccnc1)[C@@H]1C=C[C@@H]2C1. The standard InChI is InChI=1S/C14H12N2O2/c17-13-11-8-3-4-9(6-8)12(11)14(18)16(13)10-2-1-5-15-7-10/h1-5,7-9,11-12H,6H2/t8-,9-,11+,12+/m1/s1. The first-order chi connectivity index (χ1) is 8.77. The van der Waals surface area contributed by atoms with Crippen LogP contribution in [0.3, 0.4) is 0 Å². The third kappa shape index (κ3) is 1.08. The van der Waals surface area contributed by atoms with E-state index in [1.54, 1.807) is 24.5 Å². The molecule has 3 aliphatic rings. The third-order valence-corrected chi connectivity index (χ3v) is 4.37. The van der Waals surface area contributed by atoms with E-state index in [0.29, 0.717) is 5.69 Å². The van der Waals surface area contributed by atoms with Crippen LogP contribution in [0.1, 0.15) is 6.42 Å². The van der Waals surface area contributed by atoms with Crippen molar-refractivity contribution in [3.8, 4) is 0 Å². The average molecular weight is 240 g/mol. The summed E-state index contributed by atoms with van der Waals surface area (Å²) in [6, 6.07) is 3.51. The lowest BCUT2D eigenvalue weighted by Gasteiger charge is -2.16. The van der Waals surface area contributed by atoms with Gasteiger partial charge in [0.25, 0.3) is 0 Å². The van der Waals surface area contributed by atoms with Crippen molar-refractivity contribution < 1.29 is 9.59 Å². The zero-order valence-corrected chi connectivity index (χ0v) is 9.69. The Kier molecular flexibility index (Phi) is 1.82. The summed E-state index contributed by atoms with van der Waals surface area (Å²) in [6.07, 6.45) is 8.38. The number of hydrogen-bond donors (Lipinski definition) is 0. The molecule has 0 N–H and O–H groups in total. The zero-order chi connectivity index (χ0) is 12.3. The Hall–Kier alpha value is -1.97. The van der Waals surface area contributed by atoms with Gasteiger partial charge >= 0.3 is 0 Å². The van der Waals surface area contributed by atoms with E-state index in [1.165, 1.54) is 4.90 Å². The molecule has 90 valence electrons. The van der Waals surface area contributed by atoms with Crippen molar-refractivity contribution in [3.63, 3.8) is 0 Å². The van der Waals surface area contributed by atoms with Crippen LogP contribution in [0.2, 0.25) is 0 Å². The molecule has 2 heterocycles. The Morgan fingerprint density at radius 3 is 2.33 bits per heavy atom. The van der Waals surface area contributed by atoms with E-state index in [1.807, 2.05) is 0 Å². The normalized spacial score (nSPS) is 36.6. The lowest BCUT2D eigenvalue weighted by Crippen LogP contribution is -2.32. The van der Waals surface area contributed by atoms with Crippen molar-refractivity contribution in [3.05, 3.63) is 36.7 Å². The van der Waals surface area contributed by atoms with Gasteiger partial charge in [0.1, 0.15) is 0 Å². The summed E-state index contributed by atoms with van der Waals surface area (Å²) in [5.74, 6) is 0.168. The summed E-state index contributed by atoms with van der Waals surface area (Å²) in [4.78, 5) is 30.2. The number of carbonyl (C=O) groups is 2. The molecule has 0 unspecified atom stereocenters. The van der Waals surface area contributed by atoms with Gasteiger partial charge in [-0.25, -0.2) is 4.90 Å². The van der Waals surface area contributed by atoms with E-state index in [0.717, 1.165) is 6.42 Å². The summed E-state index contributed by atoms with van der Waals surface area (Å²) >= 11 is 0. The minimum absolute atomic E-state index is 0.0464. The van der Waals surface area contributed by atoms with Crippen LogP contribution < -0.4 is 4.90 Å². The van der Waals surface area contributed by atoms with Crippen LogP contribution in [0, 0.1) is 23.7 Å². The lowest BCUT2D eigenvalue weighted by molar-refractivity contribution is -0.123. The van der Waals surface area contributed by atoms with Gasteiger partial charge in [-0.15, -0.1) is 0 Å². The maximum Gasteiger partial charge on any atom is 0.238 e. The summed E-state index contributed by atoms with van der Waals surface area (Å²) in [7, 11) is 0. The molecule has 4 rings (SSSR count). The Labute approximate surface area is 104 Å². The zero-order valence-electron chi connectivity index (χ0n) is 9.69. The monoisotopic (exact) mass is 240 g/mol. The van der Waals surface area contributed by atoms with Gasteiger partial charge in [0.05, 0.1) is 23.7 Å². The van der Waals surface area contributed by atoms with Gasteiger partial charge in [-0.2, -0.15) is 0 Å². The van der Waals surface area contributed by atoms with Crippen molar-refractivity contribution in [2.45, 2.75) is 6.42 Å². The number of hydrogen-bond acceptors (Lipinski definition) is 3. The Bertz CT molecular complexity index is 536. The first-order valence-corrected chi connectivity index (χ1v) is 6.23. The van der Waals surface area contributed by atoms with Crippen LogP contribution in [-0.2, 0) is 9.59 Å². The number of pyridine rings is 1. The minimum Gasteiger partial charge on any atom is -0.274 e. The molecule has 1 aromatic rings. The summed E-state index contributed by atoms with van der Waals surface area (Å²) < 4.78 is 0. The highest BCUT2D eigenvalue weighted by Crippen LogP contribution is 2.53. The van der Waals surface area contributed by atoms with Gasteiger partial charge in [-0.05, 0) is 30.4 Å². The van der Waals surface area contributed by atoms with Crippen molar-refractivity contribution in [1.29, 1.82) is 0 Å². The van der Waals surface area contributed by atoms with Gasteiger partial charge in [0, 0.05) is 6.20 Å². The van der Waals surface area contributed by atoms with Crippen LogP contribution in [0.5, 0.6) is 0 Å². The molecule has 1 saturated heterocycles. The van der Waals surface area contributed by atoms with Gasteiger partial charge in [-0.1, -0.05) is 12.2 Å². The third-order valence-electron chi connectivity index (χ3n) is 4.37. The molecular weight excluding hydrogens is 228 g/mol. The van der Waals surface area contributed by atoms with Gasteiger partial charge in [0.15, 0.2) is 0 Å². The highest BCUT2D eigenvalue weighted by atomic mass is 16.2. The Balaban J connectivity index is 1.77. The number of amides is 2. The van der Waals surface area contributed by atoms with Crippen LogP contribution in [0.4, 0.5) is 5.69 Å². The Morgan fingerprint density at radius 2 is 1.78 bits per heavy atom. The van der Waals surface area contributed by atoms with Crippen LogP contribution >= 0.6 is 0 Å². The number of rotatable bonds is 1. The van der Waals surface area contributed by atoms with Crippen molar-refractivity contribution in [1.82, 2.24) is 4.98 Å². The number of imide groups is 1. The van der Waals surface area contributed by atoms with E-state index in [2.05, 4.69) is 17.1 Å². The molecule has 4 nitrogen and oxygen atoms in total. The van der Waals surface area contributed by atoms with Gasteiger partial charge in [-0.3, -0.25) is 14.6 Å². The van der Waals surface area contributed by atoms with Crippen LogP contribution in [0.25, 0.3) is 0 Å². The van der Waals surface area contributed by atoms with Crippen molar-refractivity contribution in [2.75, 3.05) is 4.90 Å². The van der Waals surface area contributed by atoms with E-state index in [-0.39, 0.29) is 35.5 Å². The molecule has 18 heavy (non-hydrogen) atoms. The molecule has 4 atom stereocenters. The highest BCUT2D eigenvalue weighted by molar-refractivity contribution is 6.22. The molecule has 2 fully saturated rings. The second kappa shape index (κ2) is 3.28. The lowest BCUT2D eigenvalue weighted by atomic mass is 9.85. The summed E-state index contributed by atoms with van der Waals surface area (Å²) in [6.45, 7) is 0. The molecule has 1 saturated carbocycles. The Morgan fingerprint density at radius 1 is 1.11 bits per heavy atom.